The minimum absolute atomic E-state index is 0.0177. The zero-order valence-corrected chi connectivity index (χ0v) is 9.56. The van der Waals surface area contributed by atoms with Crippen molar-refractivity contribution >= 4 is 5.97 Å². The molecular weight excluding hydrogens is 208 g/mol. The van der Waals surface area contributed by atoms with Crippen LogP contribution in [-0.2, 0) is 29.0 Å². The average molecular weight is 224 g/mol. The fourth-order valence-electron chi connectivity index (χ4n) is 2.02. The highest BCUT2D eigenvalue weighted by Gasteiger charge is 2.23. The van der Waals surface area contributed by atoms with Gasteiger partial charge in [0.2, 0.25) is 0 Å². The largest absolute Gasteiger partial charge is 0.481 e. The van der Waals surface area contributed by atoms with E-state index >= 15 is 0 Å². The van der Waals surface area contributed by atoms with Gasteiger partial charge in [-0.25, -0.2) is 0 Å². The number of carboxylic acid groups (broad SMARTS) is 1. The molecule has 0 aliphatic carbocycles. The molecule has 0 bridgehead atoms. The lowest BCUT2D eigenvalue weighted by molar-refractivity contribution is -0.136. The van der Waals surface area contributed by atoms with Gasteiger partial charge in [0.1, 0.15) is 0 Å². The Morgan fingerprint density at radius 2 is 2.38 bits per heavy atom. The molecule has 0 amide bonds. The van der Waals surface area contributed by atoms with E-state index in [0.29, 0.717) is 13.2 Å². The minimum atomic E-state index is -0.824. The molecule has 88 valence electrons. The lowest BCUT2D eigenvalue weighted by Crippen LogP contribution is -2.13. The number of hydrogen-bond donors (Lipinski definition) is 1. The van der Waals surface area contributed by atoms with Crippen LogP contribution in [0.4, 0.5) is 0 Å². The normalized spacial score (nSPS) is 15.2. The van der Waals surface area contributed by atoms with Crippen molar-refractivity contribution in [3.05, 3.63) is 17.0 Å². The van der Waals surface area contributed by atoms with Crippen LogP contribution in [0.2, 0.25) is 0 Å². The number of fused-ring (bicyclic) bond motifs is 1. The van der Waals surface area contributed by atoms with Crippen molar-refractivity contribution in [2.75, 3.05) is 6.61 Å². The van der Waals surface area contributed by atoms with Crippen LogP contribution in [0, 0.1) is 0 Å². The highest BCUT2D eigenvalue weighted by Crippen LogP contribution is 2.23. The summed E-state index contributed by atoms with van der Waals surface area (Å²) in [6.45, 7) is 5.18. The molecule has 5 heteroatoms. The summed E-state index contributed by atoms with van der Waals surface area (Å²) in [5.74, 6) is -0.824. The van der Waals surface area contributed by atoms with E-state index in [-0.39, 0.29) is 12.5 Å². The van der Waals surface area contributed by atoms with Gasteiger partial charge in [0.15, 0.2) is 0 Å². The smallest absolute Gasteiger partial charge is 0.309 e. The maximum atomic E-state index is 10.8. The number of nitrogens with zero attached hydrogens (tertiary/aromatic N) is 2. The van der Waals surface area contributed by atoms with Crippen molar-refractivity contribution in [2.45, 2.75) is 39.3 Å². The maximum Gasteiger partial charge on any atom is 0.309 e. The van der Waals surface area contributed by atoms with Gasteiger partial charge in [0.25, 0.3) is 0 Å². The van der Waals surface area contributed by atoms with Gasteiger partial charge in [-0.05, 0) is 13.8 Å². The van der Waals surface area contributed by atoms with Crippen LogP contribution in [0.5, 0.6) is 0 Å². The molecule has 0 aromatic carbocycles. The highest BCUT2D eigenvalue weighted by molar-refractivity contribution is 5.70. The topological polar surface area (TPSA) is 64.4 Å². The second-order valence-corrected chi connectivity index (χ2v) is 4.28. The molecule has 1 aliphatic rings. The van der Waals surface area contributed by atoms with E-state index in [9.17, 15) is 4.79 Å². The van der Waals surface area contributed by atoms with Crippen LogP contribution in [0.3, 0.4) is 0 Å². The molecule has 1 aromatic heterocycles. The highest BCUT2D eigenvalue weighted by atomic mass is 16.5. The van der Waals surface area contributed by atoms with Crippen LogP contribution in [-0.4, -0.2) is 27.5 Å². The molecule has 2 heterocycles. The van der Waals surface area contributed by atoms with Gasteiger partial charge in [0.05, 0.1) is 31.0 Å². The van der Waals surface area contributed by atoms with Gasteiger partial charge in [-0.15, -0.1) is 0 Å². The molecule has 0 radical (unpaired) electrons. The number of hydrogen-bond acceptors (Lipinski definition) is 3. The number of aliphatic carboxylic acids is 1. The minimum Gasteiger partial charge on any atom is -0.481 e. The molecule has 1 aliphatic heterocycles. The van der Waals surface area contributed by atoms with Crippen molar-refractivity contribution in [1.29, 1.82) is 0 Å². The predicted octanol–water partition coefficient (Wildman–Crippen LogP) is 1.16. The second-order valence-electron chi connectivity index (χ2n) is 4.28. The Morgan fingerprint density at radius 3 is 3.00 bits per heavy atom. The Morgan fingerprint density at radius 1 is 1.62 bits per heavy atom. The number of rotatable bonds is 3. The number of ether oxygens (including phenoxy) is 1. The summed E-state index contributed by atoms with van der Waals surface area (Å²) in [6.07, 6.45) is 0.797. The van der Waals surface area contributed by atoms with Crippen LogP contribution >= 0.6 is 0 Å². The molecule has 0 fully saturated rings. The molecule has 0 atom stereocenters. The third-order valence-corrected chi connectivity index (χ3v) is 2.74. The summed E-state index contributed by atoms with van der Waals surface area (Å²) >= 11 is 0. The Bertz CT molecular complexity index is 410. The molecule has 16 heavy (non-hydrogen) atoms. The van der Waals surface area contributed by atoms with E-state index in [4.69, 9.17) is 9.84 Å². The quantitative estimate of drug-likeness (QED) is 0.836. The first-order valence-corrected chi connectivity index (χ1v) is 5.48. The van der Waals surface area contributed by atoms with E-state index < -0.39 is 5.97 Å². The Labute approximate surface area is 94.0 Å². The van der Waals surface area contributed by atoms with Gasteiger partial charge < -0.3 is 9.84 Å². The maximum absolute atomic E-state index is 10.8. The van der Waals surface area contributed by atoms with E-state index in [2.05, 4.69) is 5.10 Å². The van der Waals surface area contributed by atoms with Crippen molar-refractivity contribution in [3.8, 4) is 0 Å². The Kier molecular flexibility index (Phi) is 2.96. The monoisotopic (exact) mass is 224 g/mol. The fourth-order valence-corrected chi connectivity index (χ4v) is 2.02. The molecule has 1 aromatic rings. The lowest BCUT2D eigenvalue weighted by Gasteiger charge is -2.12. The van der Waals surface area contributed by atoms with Crippen molar-refractivity contribution in [3.63, 3.8) is 0 Å². The summed E-state index contributed by atoms with van der Waals surface area (Å²) in [5.41, 5.74) is 2.76. The number of aromatic nitrogens is 2. The molecule has 0 saturated heterocycles. The zero-order valence-electron chi connectivity index (χ0n) is 9.56. The molecule has 0 spiro atoms. The summed E-state index contributed by atoms with van der Waals surface area (Å²) in [5, 5.41) is 13.4. The third-order valence-electron chi connectivity index (χ3n) is 2.74. The van der Waals surface area contributed by atoms with Gasteiger partial charge in [0, 0.05) is 18.0 Å². The first-order valence-electron chi connectivity index (χ1n) is 5.48. The molecule has 2 rings (SSSR count). The number of carbonyl (C=O) groups is 1. The standard InChI is InChI=1S/C11H16N2O3/c1-7(2)13-10(5-11(14)15)8-6-16-4-3-9(8)12-13/h7H,3-6H2,1-2H3,(H,14,15). The van der Waals surface area contributed by atoms with Crippen molar-refractivity contribution in [2.24, 2.45) is 0 Å². The average Bonchev–Trinajstić information content (AvgIpc) is 2.57. The van der Waals surface area contributed by atoms with Crippen LogP contribution in [0.1, 0.15) is 36.8 Å². The Balaban J connectivity index is 2.44. The second kappa shape index (κ2) is 4.25. The fraction of sp³-hybridized carbons (Fsp3) is 0.636. The lowest BCUT2D eigenvalue weighted by atomic mass is 10.1. The summed E-state index contributed by atoms with van der Waals surface area (Å²) in [6, 6.07) is 0.181. The van der Waals surface area contributed by atoms with E-state index in [1.807, 2.05) is 18.5 Å². The van der Waals surface area contributed by atoms with Crippen molar-refractivity contribution in [1.82, 2.24) is 9.78 Å². The van der Waals surface area contributed by atoms with Gasteiger partial charge in [-0.3, -0.25) is 9.48 Å². The SMILES string of the molecule is CC(C)n1nc2c(c1CC(=O)O)COCC2. The summed E-state index contributed by atoms with van der Waals surface area (Å²) in [4.78, 5) is 10.8. The Hall–Kier alpha value is -1.36. The molecule has 1 N–H and O–H groups in total. The van der Waals surface area contributed by atoms with Gasteiger partial charge >= 0.3 is 5.97 Å². The molecular formula is C11H16N2O3. The summed E-state index contributed by atoms with van der Waals surface area (Å²) < 4.78 is 7.18. The van der Waals surface area contributed by atoms with Gasteiger partial charge in [-0.1, -0.05) is 0 Å². The first kappa shape index (κ1) is 11.1. The van der Waals surface area contributed by atoms with Gasteiger partial charge in [-0.2, -0.15) is 5.10 Å². The van der Waals surface area contributed by atoms with Crippen LogP contribution in [0.15, 0.2) is 0 Å². The zero-order chi connectivity index (χ0) is 11.7. The third kappa shape index (κ3) is 1.95. The van der Waals surface area contributed by atoms with E-state index in [0.717, 1.165) is 23.4 Å². The van der Waals surface area contributed by atoms with E-state index in [1.165, 1.54) is 0 Å². The van der Waals surface area contributed by atoms with E-state index in [1.54, 1.807) is 0 Å². The van der Waals surface area contributed by atoms with Crippen molar-refractivity contribution < 1.29 is 14.6 Å². The predicted molar refractivity (Wildman–Crippen MR) is 57.3 cm³/mol. The first-order chi connectivity index (χ1) is 7.59. The van der Waals surface area contributed by atoms with Crippen LogP contribution in [0.25, 0.3) is 0 Å². The summed E-state index contributed by atoms with van der Waals surface area (Å²) in [7, 11) is 0. The molecule has 5 nitrogen and oxygen atoms in total. The van der Waals surface area contributed by atoms with Crippen LogP contribution < -0.4 is 0 Å². The number of carboxylic acids is 1. The molecule has 0 unspecified atom stereocenters. The molecule has 0 saturated carbocycles.